The first kappa shape index (κ1) is 14.9. The topological polar surface area (TPSA) is 36.4 Å². The monoisotopic (exact) mass is 333 g/mol. The third-order valence-electron chi connectivity index (χ3n) is 4.91. The number of nitrogens with zero attached hydrogens (tertiary/aromatic N) is 3. The molecule has 2 fully saturated rings. The first-order chi connectivity index (χ1) is 11.2. The molecule has 1 saturated carbocycles. The Morgan fingerprint density at radius 3 is 2.65 bits per heavy atom. The van der Waals surface area contributed by atoms with E-state index in [4.69, 9.17) is 0 Å². The summed E-state index contributed by atoms with van der Waals surface area (Å²) in [6, 6.07) is 4.71. The molecule has 4 nitrogen and oxygen atoms in total. The van der Waals surface area contributed by atoms with Crippen molar-refractivity contribution in [3.63, 3.8) is 0 Å². The molecule has 2 aromatic rings. The van der Waals surface area contributed by atoms with Crippen LogP contribution < -0.4 is 4.90 Å². The molecule has 2 heterocycles. The highest BCUT2D eigenvalue weighted by Crippen LogP contribution is 2.31. The lowest BCUT2D eigenvalue weighted by Gasteiger charge is -2.35. The van der Waals surface area contributed by atoms with Gasteiger partial charge in [0.2, 0.25) is 5.91 Å². The summed E-state index contributed by atoms with van der Waals surface area (Å²) < 4.78 is 14.2. The number of benzene rings is 1. The number of hydrogen-bond acceptors (Lipinski definition) is 4. The molecule has 0 radical (unpaired) electrons. The molecule has 2 aliphatic rings. The Hall–Kier alpha value is -1.69. The van der Waals surface area contributed by atoms with Crippen LogP contribution in [0, 0.1) is 11.7 Å². The zero-order chi connectivity index (χ0) is 15.8. The van der Waals surface area contributed by atoms with Crippen LogP contribution >= 0.6 is 11.3 Å². The fourth-order valence-corrected chi connectivity index (χ4v) is 4.61. The van der Waals surface area contributed by atoms with E-state index in [9.17, 15) is 9.18 Å². The fourth-order valence-electron chi connectivity index (χ4n) is 3.57. The second kappa shape index (κ2) is 6.07. The van der Waals surface area contributed by atoms with Gasteiger partial charge in [-0.25, -0.2) is 9.37 Å². The number of aromatic nitrogens is 1. The van der Waals surface area contributed by atoms with Crippen molar-refractivity contribution >= 4 is 32.6 Å². The molecule has 122 valence electrons. The molecule has 4 rings (SSSR count). The Morgan fingerprint density at radius 1 is 1.17 bits per heavy atom. The van der Waals surface area contributed by atoms with E-state index < -0.39 is 0 Å². The fraction of sp³-hybridized carbons (Fsp3) is 0.529. The van der Waals surface area contributed by atoms with Crippen LogP contribution in [0.5, 0.6) is 0 Å². The van der Waals surface area contributed by atoms with Crippen LogP contribution in [-0.4, -0.2) is 42.0 Å². The summed E-state index contributed by atoms with van der Waals surface area (Å²) in [6.07, 6.45) is 4.50. The second-order valence-corrected chi connectivity index (χ2v) is 7.41. The Kier molecular flexibility index (Phi) is 3.93. The molecular weight excluding hydrogens is 313 g/mol. The maximum Gasteiger partial charge on any atom is 0.225 e. The summed E-state index contributed by atoms with van der Waals surface area (Å²) in [4.78, 5) is 21.3. The summed E-state index contributed by atoms with van der Waals surface area (Å²) in [7, 11) is 0. The average molecular weight is 333 g/mol. The van der Waals surface area contributed by atoms with E-state index in [2.05, 4.69) is 9.88 Å². The van der Waals surface area contributed by atoms with Gasteiger partial charge >= 0.3 is 0 Å². The van der Waals surface area contributed by atoms with E-state index in [-0.39, 0.29) is 11.7 Å². The van der Waals surface area contributed by atoms with Crippen LogP contribution in [0.25, 0.3) is 10.2 Å². The number of anilines is 1. The van der Waals surface area contributed by atoms with Gasteiger partial charge in [-0.15, -0.1) is 0 Å². The van der Waals surface area contributed by atoms with Crippen molar-refractivity contribution < 1.29 is 9.18 Å². The summed E-state index contributed by atoms with van der Waals surface area (Å²) in [5.41, 5.74) is 0.843. The predicted octanol–water partition coefficient (Wildman–Crippen LogP) is 3.27. The van der Waals surface area contributed by atoms with Crippen LogP contribution in [0.3, 0.4) is 0 Å². The molecule has 0 atom stereocenters. The van der Waals surface area contributed by atoms with Gasteiger partial charge in [-0.1, -0.05) is 24.2 Å². The zero-order valence-corrected chi connectivity index (χ0v) is 13.8. The number of fused-ring (bicyclic) bond motifs is 1. The number of carbonyl (C=O) groups is 1. The molecule has 0 bridgehead atoms. The van der Waals surface area contributed by atoms with E-state index in [1.807, 2.05) is 4.90 Å². The van der Waals surface area contributed by atoms with Crippen molar-refractivity contribution in [2.24, 2.45) is 5.92 Å². The molecule has 6 heteroatoms. The standard InChI is InChI=1S/C17H20FN3OS/c18-13-5-6-14-15(11-13)23-17(19-14)21-9-7-20(8-10-21)16(22)12-3-1-2-4-12/h5-6,11-12H,1-4,7-10H2. The lowest BCUT2D eigenvalue weighted by Crippen LogP contribution is -2.50. The first-order valence-corrected chi connectivity index (χ1v) is 9.12. The molecule has 1 aliphatic heterocycles. The van der Waals surface area contributed by atoms with E-state index in [0.29, 0.717) is 5.91 Å². The van der Waals surface area contributed by atoms with Gasteiger partial charge in [-0.05, 0) is 31.0 Å². The van der Waals surface area contributed by atoms with Gasteiger partial charge in [0, 0.05) is 32.1 Å². The van der Waals surface area contributed by atoms with E-state index in [1.165, 1.54) is 36.3 Å². The van der Waals surface area contributed by atoms with Gasteiger partial charge < -0.3 is 9.80 Å². The maximum absolute atomic E-state index is 13.3. The van der Waals surface area contributed by atoms with Gasteiger partial charge in [0.25, 0.3) is 0 Å². The van der Waals surface area contributed by atoms with Crippen molar-refractivity contribution in [3.05, 3.63) is 24.0 Å². The number of piperazine rings is 1. The van der Waals surface area contributed by atoms with E-state index in [1.54, 1.807) is 6.07 Å². The molecule has 0 unspecified atom stereocenters. The van der Waals surface area contributed by atoms with Gasteiger partial charge in [0.1, 0.15) is 5.82 Å². The van der Waals surface area contributed by atoms with Crippen LogP contribution in [0.1, 0.15) is 25.7 Å². The Labute approximate surface area is 138 Å². The summed E-state index contributed by atoms with van der Waals surface area (Å²) in [6.45, 7) is 3.14. The number of halogens is 1. The molecule has 0 N–H and O–H groups in total. The van der Waals surface area contributed by atoms with E-state index in [0.717, 1.165) is 54.4 Å². The summed E-state index contributed by atoms with van der Waals surface area (Å²) in [5.74, 6) is 0.375. The SMILES string of the molecule is O=C(C1CCCC1)N1CCN(c2nc3ccc(F)cc3s2)CC1. The van der Waals surface area contributed by atoms with E-state index >= 15 is 0 Å². The molecule has 1 aromatic heterocycles. The number of hydrogen-bond donors (Lipinski definition) is 0. The first-order valence-electron chi connectivity index (χ1n) is 8.30. The largest absolute Gasteiger partial charge is 0.345 e. The molecule has 1 aromatic carbocycles. The molecule has 1 aliphatic carbocycles. The average Bonchev–Trinajstić information content (AvgIpc) is 3.23. The van der Waals surface area contributed by atoms with Crippen molar-refractivity contribution in [1.29, 1.82) is 0 Å². The third kappa shape index (κ3) is 2.92. The van der Waals surface area contributed by atoms with Crippen LogP contribution in [0.4, 0.5) is 9.52 Å². The molecule has 1 saturated heterocycles. The Morgan fingerprint density at radius 2 is 1.91 bits per heavy atom. The predicted molar refractivity (Wildman–Crippen MR) is 90.3 cm³/mol. The highest BCUT2D eigenvalue weighted by Gasteiger charge is 2.30. The minimum Gasteiger partial charge on any atom is -0.345 e. The smallest absolute Gasteiger partial charge is 0.225 e. The summed E-state index contributed by atoms with van der Waals surface area (Å²) in [5, 5.41) is 0.929. The number of carbonyl (C=O) groups excluding carboxylic acids is 1. The van der Waals surface area contributed by atoms with Crippen molar-refractivity contribution in [3.8, 4) is 0 Å². The molecular formula is C17H20FN3OS. The molecule has 0 spiro atoms. The van der Waals surface area contributed by atoms with Gasteiger partial charge in [-0.3, -0.25) is 4.79 Å². The third-order valence-corrected chi connectivity index (χ3v) is 5.98. The quantitative estimate of drug-likeness (QED) is 0.846. The highest BCUT2D eigenvalue weighted by molar-refractivity contribution is 7.22. The Bertz CT molecular complexity index is 718. The van der Waals surface area contributed by atoms with Gasteiger partial charge in [0.15, 0.2) is 5.13 Å². The van der Waals surface area contributed by atoms with Gasteiger partial charge in [0.05, 0.1) is 10.2 Å². The van der Waals surface area contributed by atoms with Crippen LogP contribution in [0.2, 0.25) is 0 Å². The summed E-state index contributed by atoms with van der Waals surface area (Å²) >= 11 is 1.52. The van der Waals surface area contributed by atoms with Crippen molar-refractivity contribution in [2.75, 3.05) is 31.1 Å². The lowest BCUT2D eigenvalue weighted by atomic mass is 10.1. The minimum atomic E-state index is -0.223. The van der Waals surface area contributed by atoms with Crippen LogP contribution in [-0.2, 0) is 4.79 Å². The lowest BCUT2D eigenvalue weighted by molar-refractivity contribution is -0.135. The number of thiazole rings is 1. The van der Waals surface area contributed by atoms with Crippen molar-refractivity contribution in [2.45, 2.75) is 25.7 Å². The van der Waals surface area contributed by atoms with Crippen molar-refractivity contribution in [1.82, 2.24) is 9.88 Å². The Balaban J connectivity index is 1.43. The van der Waals surface area contributed by atoms with Gasteiger partial charge in [-0.2, -0.15) is 0 Å². The second-order valence-electron chi connectivity index (χ2n) is 6.40. The zero-order valence-electron chi connectivity index (χ0n) is 13.0. The number of amides is 1. The molecule has 1 amide bonds. The number of rotatable bonds is 2. The minimum absolute atomic E-state index is 0.223. The maximum atomic E-state index is 13.3. The van der Waals surface area contributed by atoms with Crippen LogP contribution in [0.15, 0.2) is 18.2 Å². The highest BCUT2D eigenvalue weighted by atomic mass is 32.1. The normalized spacial score (nSPS) is 19.7. The molecule has 23 heavy (non-hydrogen) atoms.